The first-order valence-corrected chi connectivity index (χ1v) is 4.35. The minimum atomic E-state index is -1.84. The zero-order valence-corrected chi connectivity index (χ0v) is 8.23. The van der Waals surface area contributed by atoms with E-state index in [1.54, 1.807) is 0 Å². The van der Waals surface area contributed by atoms with Crippen LogP contribution in [-0.4, -0.2) is 27.2 Å². The van der Waals surface area contributed by atoms with Crippen LogP contribution in [0.1, 0.15) is 11.7 Å². The van der Waals surface area contributed by atoms with E-state index in [2.05, 4.69) is 4.98 Å². The third-order valence-corrected chi connectivity index (χ3v) is 2.02. The molecule has 82 valence electrons. The van der Waals surface area contributed by atoms with Gasteiger partial charge in [-0.05, 0) is 6.07 Å². The molecule has 2 atom stereocenters. The molecule has 0 fully saturated rings. The van der Waals surface area contributed by atoms with Crippen LogP contribution >= 0.6 is 11.6 Å². The maximum absolute atomic E-state index is 11.2. The minimum Gasteiger partial charge on any atom is -0.385 e. The van der Waals surface area contributed by atoms with E-state index in [0.29, 0.717) is 0 Å². The van der Waals surface area contributed by atoms with Gasteiger partial charge in [0.2, 0.25) is 5.91 Å². The number of aliphatic hydroxyl groups excluding tert-OH is 2. The number of halogens is 1. The highest BCUT2D eigenvalue weighted by atomic mass is 35.5. The summed E-state index contributed by atoms with van der Waals surface area (Å²) in [5.41, 5.74) is 3.91. The van der Waals surface area contributed by atoms with Gasteiger partial charge >= 0.3 is 0 Å². The van der Waals surface area contributed by atoms with Gasteiger partial charge in [-0.1, -0.05) is 11.6 Å². The fourth-order valence-corrected chi connectivity index (χ4v) is 1.19. The summed E-state index contributed by atoms with van der Waals surface area (Å²) < 4.78 is 0. The molecule has 1 amide bonds. The van der Waals surface area contributed by atoms with Crippen LogP contribution in [0, 0.1) is 0 Å². The minimum absolute atomic E-state index is 0.167. The third kappa shape index (κ3) is 2.56. The molecule has 0 saturated carbocycles. The highest BCUT2D eigenvalue weighted by Gasteiger charge is 2.25. The maximum Gasteiger partial charge on any atom is 0.253 e. The lowest BCUT2D eigenvalue weighted by atomic mass is 10.1. The number of carbonyl (C=O) groups excluding carboxylic acids is 1. The lowest BCUT2D eigenvalue weighted by Crippen LogP contribution is -2.36. The summed E-state index contributed by atoms with van der Waals surface area (Å²) in [4.78, 5) is 24.0. The smallest absolute Gasteiger partial charge is 0.253 e. The Hall–Kier alpha value is -1.37. The number of nitrogens with two attached hydrogens (primary N) is 1. The number of hydrogen-bond acceptors (Lipinski definition) is 4. The molecule has 1 heterocycles. The predicted molar refractivity (Wildman–Crippen MR) is 52.2 cm³/mol. The molecule has 5 N–H and O–H groups in total. The largest absolute Gasteiger partial charge is 0.385 e. The Balaban J connectivity index is 3.10. The van der Waals surface area contributed by atoms with Crippen molar-refractivity contribution < 1.29 is 15.0 Å². The van der Waals surface area contributed by atoms with Crippen LogP contribution < -0.4 is 11.3 Å². The van der Waals surface area contributed by atoms with Gasteiger partial charge in [-0.25, -0.2) is 0 Å². The first-order chi connectivity index (χ1) is 6.93. The maximum atomic E-state index is 11.2. The first kappa shape index (κ1) is 11.7. The van der Waals surface area contributed by atoms with Crippen LogP contribution in [0.2, 0.25) is 5.02 Å². The first-order valence-electron chi connectivity index (χ1n) is 3.97. The lowest BCUT2D eigenvalue weighted by Gasteiger charge is -2.13. The Labute approximate surface area is 89.3 Å². The van der Waals surface area contributed by atoms with E-state index in [0.717, 1.165) is 6.07 Å². The highest BCUT2D eigenvalue weighted by Crippen LogP contribution is 2.15. The fraction of sp³-hybridized carbons (Fsp3) is 0.250. The molecule has 0 aliphatic heterocycles. The zero-order chi connectivity index (χ0) is 11.6. The van der Waals surface area contributed by atoms with E-state index < -0.39 is 23.7 Å². The summed E-state index contributed by atoms with van der Waals surface area (Å²) >= 11 is 5.57. The van der Waals surface area contributed by atoms with E-state index in [1.165, 1.54) is 6.20 Å². The van der Waals surface area contributed by atoms with Crippen molar-refractivity contribution in [1.29, 1.82) is 0 Å². The summed E-state index contributed by atoms with van der Waals surface area (Å²) in [5, 5.41) is 18.7. The molecule has 7 heteroatoms. The lowest BCUT2D eigenvalue weighted by molar-refractivity contribution is -0.132. The molecular formula is C8H9ClN2O4. The molecule has 6 nitrogen and oxygen atoms in total. The van der Waals surface area contributed by atoms with E-state index >= 15 is 0 Å². The molecular weight excluding hydrogens is 224 g/mol. The Morgan fingerprint density at radius 2 is 2.13 bits per heavy atom. The topological polar surface area (TPSA) is 116 Å². The SMILES string of the molecule is NC(=O)C(O)C(O)c1cc(Cl)c[nH]c1=O. The van der Waals surface area contributed by atoms with Crippen molar-refractivity contribution in [1.82, 2.24) is 4.98 Å². The Morgan fingerprint density at radius 3 is 2.67 bits per heavy atom. The number of nitrogens with one attached hydrogen (secondary N) is 1. The average molecular weight is 233 g/mol. The number of rotatable bonds is 3. The number of hydrogen-bond donors (Lipinski definition) is 4. The Morgan fingerprint density at radius 1 is 1.53 bits per heavy atom. The van der Waals surface area contributed by atoms with Crippen molar-refractivity contribution >= 4 is 17.5 Å². The summed E-state index contributed by atoms with van der Waals surface area (Å²) in [6, 6.07) is 1.15. The molecule has 0 spiro atoms. The molecule has 0 radical (unpaired) electrons. The van der Waals surface area contributed by atoms with Crippen LogP contribution in [0.3, 0.4) is 0 Å². The van der Waals surface area contributed by atoms with Crippen LogP contribution in [0.5, 0.6) is 0 Å². The number of pyridine rings is 1. The van der Waals surface area contributed by atoms with Crippen LogP contribution in [0.15, 0.2) is 17.1 Å². The summed E-state index contributed by atoms with van der Waals surface area (Å²) in [7, 11) is 0. The normalized spacial score (nSPS) is 14.6. The average Bonchev–Trinajstić information content (AvgIpc) is 2.19. The van der Waals surface area contributed by atoms with Gasteiger partial charge in [0.1, 0.15) is 6.10 Å². The van der Waals surface area contributed by atoms with Gasteiger partial charge in [-0.15, -0.1) is 0 Å². The van der Waals surface area contributed by atoms with Gasteiger partial charge in [0.15, 0.2) is 6.10 Å². The van der Waals surface area contributed by atoms with Crippen molar-refractivity contribution in [2.75, 3.05) is 0 Å². The third-order valence-electron chi connectivity index (χ3n) is 1.81. The fourth-order valence-electron chi connectivity index (χ4n) is 1.02. The van der Waals surface area contributed by atoms with Gasteiger partial charge in [-0.3, -0.25) is 9.59 Å². The van der Waals surface area contributed by atoms with E-state index in [9.17, 15) is 14.7 Å². The van der Waals surface area contributed by atoms with E-state index in [-0.39, 0.29) is 10.6 Å². The van der Waals surface area contributed by atoms with Crippen LogP contribution in [-0.2, 0) is 4.79 Å². The van der Waals surface area contributed by atoms with Crippen LogP contribution in [0.4, 0.5) is 0 Å². The quantitative estimate of drug-likeness (QED) is 0.530. The molecule has 1 rings (SSSR count). The molecule has 1 aromatic rings. The number of aromatic nitrogens is 1. The van der Waals surface area contributed by atoms with Crippen molar-refractivity contribution in [2.24, 2.45) is 5.73 Å². The van der Waals surface area contributed by atoms with E-state index in [4.69, 9.17) is 22.4 Å². The molecule has 1 aromatic heterocycles. The van der Waals surface area contributed by atoms with Crippen LogP contribution in [0.25, 0.3) is 0 Å². The number of primary amides is 1. The van der Waals surface area contributed by atoms with Gasteiger partial charge in [0, 0.05) is 6.20 Å². The predicted octanol–water partition coefficient (Wildman–Crippen LogP) is -1.09. The molecule has 0 aliphatic rings. The number of H-pyrrole nitrogens is 1. The second kappa shape index (κ2) is 4.43. The number of aromatic amines is 1. The van der Waals surface area contributed by atoms with Gasteiger partial charge in [0.25, 0.3) is 5.56 Å². The van der Waals surface area contributed by atoms with Crippen molar-refractivity contribution in [3.8, 4) is 0 Å². The second-order valence-corrected chi connectivity index (χ2v) is 3.33. The molecule has 0 aliphatic carbocycles. The highest BCUT2D eigenvalue weighted by molar-refractivity contribution is 6.30. The van der Waals surface area contributed by atoms with Gasteiger partial charge in [-0.2, -0.15) is 0 Å². The van der Waals surface area contributed by atoms with Crippen molar-refractivity contribution in [3.05, 3.63) is 33.2 Å². The number of carbonyl (C=O) groups is 1. The Bertz CT molecular complexity index is 431. The molecule has 2 unspecified atom stereocenters. The monoisotopic (exact) mass is 232 g/mol. The van der Waals surface area contributed by atoms with Gasteiger partial charge < -0.3 is 20.9 Å². The molecule has 0 saturated heterocycles. The molecule has 0 bridgehead atoms. The zero-order valence-electron chi connectivity index (χ0n) is 7.48. The molecule has 15 heavy (non-hydrogen) atoms. The standard InChI is InChI=1S/C8H9ClN2O4/c9-3-1-4(8(15)11-2-3)5(12)6(13)7(10)14/h1-2,5-6,12-13H,(H2,10,14)(H,11,15). The van der Waals surface area contributed by atoms with Crippen molar-refractivity contribution in [2.45, 2.75) is 12.2 Å². The molecule has 0 aromatic carbocycles. The number of aliphatic hydroxyl groups is 2. The number of amides is 1. The van der Waals surface area contributed by atoms with E-state index in [1.807, 2.05) is 0 Å². The summed E-state index contributed by atoms with van der Waals surface area (Å²) in [6.07, 6.45) is -2.31. The Kier molecular flexibility index (Phi) is 3.46. The second-order valence-electron chi connectivity index (χ2n) is 2.89. The summed E-state index contributed by atoms with van der Waals surface area (Å²) in [5.74, 6) is -1.12. The van der Waals surface area contributed by atoms with Crippen molar-refractivity contribution in [3.63, 3.8) is 0 Å². The summed E-state index contributed by atoms with van der Waals surface area (Å²) in [6.45, 7) is 0. The van der Waals surface area contributed by atoms with Gasteiger partial charge in [0.05, 0.1) is 10.6 Å².